The van der Waals surface area contributed by atoms with Crippen molar-refractivity contribution in [1.82, 2.24) is 14.8 Å². The molecule has 2 aliphatic rings. The summed E-state index contributed by atoms with van der Waals surface area (Å²) < 4.78 is 20.8. The summed E-state index contributed by atoms with van der Waals surface area (Å²) in [4.78, 5) is 13.4. The van der Waals surface area contributed by atoms with E-state index < -0.39 is 11.8 Å². The minimum atomic E-state index is -1.01. The number of aromatic nitrogens is 1. The monoisotopic (exact) mass is 329 g/mol. The van der Waals surface area contributed by atoms with Crippen LogP contribution in [-0.2, 0) is 10.4 Å². The fraction of sp³-hybridized carbons (Fsp3) is 0.125. The third-order valence-corrected chi connectivity index (χ3v) is 4.48. The standard InChI is InChI=1S/C16H12FN3O2S/c1-19-14(23)18-16(10-4-6-11(17)7-5-10)13(22-15(19)21)9-12-3-2-8-20(12)16/h2-9H,1H3,(H,18,23). The highest BCUT2D eigenvalue weighted by atomic mass is 32.1. The van der Waals surface area contributed by atoms with Crippen LogP contribution < -0.4 is 5.32 Å². The number of nitrogens with one attached hydrogen (secondary N) is 1. The van der Waals surface area contributed by atoms with Crippen LogP contribution in [0.15, 0.2) is 48.4 Å². The third-order valence-electron chi connectivity index (χ3n) is 4.10. The molecule has 0 spiro atoms. The highest BCUT2D eigenvalue weighted by Crippen LogP contribution is 2.41. The first-order valence-corrected chi connectivity index (χ1v) is 7.37. The van der Waals surface area contributed by atoms with Crippen LogP contribution in [0.2, 0.25) is 0 Å². The van der Waals surface area contributed by atoms with Crippen molar-refractivity contribution in [2.75, 3.05) is 7.05 Å². The lowest BCUT2D eigenvalue weighted by Crippen LogP contribution is -2.52. The molecule has 1 atom stereocenters. The van der Waals surface area contributed by atoms with Crippen LogP contribution in [0, 0.1) is 5.82 Å². The number of carbonyl (C=O) groups excluding carboxylic acids is 1. The smallest absolute Gasteiger partial charge is 0.409 e. The molecule has 4 rings (SSSR count). The SMILES string of the molecule is CN1C(=O)OC2=Cc3cccn3C2(c2ccc(F)cc2)NC1=S. The van der Waals surface area contributed by atoms with E-state index in [1.807, 2.05) is 22.9 Å². The zero-order valence-corrected chi connectivity index (χ0v) is 12.9. The number of fused-ring (bicyclic) bond motifs is 3. The summed E-state index contributed by atoms with van der Waals surface area (Å²) in [6, 6.07) is 9.80. The molecule has 116 valence electrons. The maximum absolute atomic E-state index is 13.4. The van der Waals surface area contributed by atoms with Crippen molar-refractivity contribution in [1.29, 1.82) is 0 Å². The van der Waals surface area contributed by atoms with Gasteiger partial charge in [-0.05, 0) is 36.5 Å². The number of ether oxygens (including phenoxy) is 1. The van der Waals surface area contributed by atoms with Gasteiger partial charge in [0.2, 0.25) is 5.66 Å². The van der Waals surface area contributed by atoms with Gasteiger partial charge in [-0.1, -0.05) is 12.1 Å². The van der Waals surface area contributed by atoms with Crippen LogP contribution >= 0.6 is 12.2 Å². The van der Waals surface area contributed by atoms with Crippen molar-refractivity contribution in [2.24, 2.45) is 0 Å². The van der Waals surface area contributed by atoms with Gasteiger partial charge in [0.25, 0.3) is 0 Å². The molecular formula is C16H12FN3O2S. The number of carbonyl (C=O) groups is 1. The lowest BCUT2D eigenvalue weighted by molar-refractivity contribution is 0.147. The van der Waals surface area contributed by atoms with Crippen LogP contribution in [0.3, 0.4) is 0 Å². The number of hydrogen-bond donors (Lipinski definition) is 1. The average molecular weight is 329 g/mol. The molecule has 0 radical (unpaired) electrons. The molecule has 23 heavy (non-hydrogen) atoms. The number of hydrogen-bond acceptors (Lipinski definition) is 3. The topological polar surface area (TPSA) is 46.5 Å². The van der Waals surface area contributed by atoms with E-state index in [0.717, 1.165) is 5.69 Å². The molecule has 1 unspecified atom stereocenters. The highest BCUT2D eigenvalue weighted by molar-refractivity contribution is 7.80. The zero-order valence-electron chi connectivity index (χ0n) is 12.1. The van der Waals surface area contributed by atoms with E-state index >= 15 is 0 Å². The first-order chi connectivity index (χ1) is 11.0. The summed E-state index contributed by atoms with van der Waals surface area (Å²) in [5, 5.41) is 3.42. The summed E-state index contributed by atoms with van der Waals surface area (Å²) in [5.74, 6) is 0.0584. The van der Waals surface area contributed by atoms with Crippen LogP contribution in [0.1, 0.15) is 11.3 Å². The molecule has 1 aromatic heterocycles. The van der Waals surface area contributed by atoms with Gasteiger partial charge in [-0.3, -0.25) is 4.90 Å². The van der Waals surface area contributed by atoms with Crippen molar-refractivity contribution in [3.63, 3.8) is 0 Å². The van der Waals surface area contributed by atoms with Crippen LogP contribution in [0.4, 0.5) is 9.18 Å². The molecule has 0 aliphatic carbocycles. The third kappa shape index (κ3) is 1.83. The van der Waals surface area contributed by atoms with Crippen molar-refractivity contribution in [3.05, 3.63) is 65.4 Å². The van der Waals surface area contributed by atoms with Crippen molar-refractivity contribution < 1.29 is 13.9 Å². The van der Waals surface area contributed by atoms with E-state index in [1.54, 1.807) is 18.2 Å². The van der Waals surface area contributed by atoms with E-state index in [4.69, 9.17) is 17.0 Å². The minimum absolute atomic E-state index is 0.226. The summed E-state index contributed by atoms with van der Waals surface area (Å²) in [7, 11) is 1.54. The molecule has 1 fully saturated rings. The van der Waals surface area contributed by atoms with Crippen LogP contribution in [0.5, 0.6) is 0 Å². The number of halogens is 1. The van der Waals surface area contributed by atoms with Gasteiger partial charge in [-0.25, -0.2) is 9.18 Å². The zero-order chi connectivity index (χ0) is 16.2. The molecule has 5 nitrogen and oxygen atoms in total. The fourth-order valence-electron chi connectivity index (χ4n) is 2.93. The van der Waals surface area contributed by atoms with E-state index in [0.29, 0.717) is 11.3 Å². The van der Waals surface area contributed by atoms with E-state index in [-0.39, 0.29) is 10.9 Å². The summed E-state index contributed by atoms with van der Waals surface area (Å²) in [6.45, 7) is 0. The Morgan fingerprint density at radius 2 is 2.00 bits per heavy atom. The Kier molecular flexibility index (Phi) is 2.83. The maximum atomic E-state index is 13.4. The van der Waals surface area contributed by atoms with Gasteiger partial charge in [0.1, 0.15) is 5.82 Å². The van der Waals surface area contributed by atoms with Crippen molar-refractivity contribution >= 4 is 29.5 Å². The van der Waals surface area contributed by atoms with Gasteiger partial charge in [0, 0.05) is 30.6 Å². The normalized spacial score (nSPS) is 22.7. The Morgan fingerprint density at radius 3 is 2.74 bits per heavy atom. The van der Waals surface area contributed by atoms with E-state index in [9.17, 15) is 9.18 Å². The summed E-state index contributed by atoms with van der Waals surface area (Å²) >= 11 is 5.32. The first kappa shape index (κ1) is 14.0. The van der Waals surface area contributed by atoms with Crippen LogP contribution in [-0.4, -0.2) is 27.7 Å². The second kappa shape index (κ2) is 4.66. The Labute approximate surface area is 137 Å². The molecule has 2 aliphatic heterocycles. The predicted octanol–water partition coefficient (Wildman–Crippen LogP) is 2.64. The molecule has 1 aromatic carbocycles. The van der Waals surface area contributed by atoms with Gasteiger partial charge in [0.05, 0.1) is 0 Å². The molecule has 1 N–H and O–H groups in total. The number of thiocarbonyl (C=S) groups is 1. The lowest BCUT2D eigenvalue weighted by Gasteiger charge is -2.34. The number of nitrogens with zero attached hydrogens (tertiary/aromatic N) is 2. The Hall–Kier alpha value is -2.67. The van der Waals surface area contributed by atoms with Gasteiger partial charge in [-0.15, -0.1) is 0 Å². The van der Waals surface area contributed by atoms with E-state index in [1.165, 1.54) is 24.1 Å². The van der Waals surface area contributed by atoms with Gasteiger partial charge in [0.15, 0.2) is 10.9 Å². The highest BCUT2D eigenvalue weighted by Gasteiger charge is 2.49. The van der Waals surface area contributed by atoms with Gasteiger partial charge < -0.3 is 14.6 Å². The fourth-order valence-corrected chi connectivity index (χ4v) is 3.15. The van der Waals surface area contributed by atoms with Crippen molar-refractivity contribution in [3.8, 4) is 0 Å². The van der Waals surface area contributed by atoms with Crippen molar-refractivity contribution in [2.45, 2.75) is 5.66 Å². The Bertz CT molecular complexity index is 858. The molecule has 0 bridgehead atoms. The molecule has 1 amide bonds. The summed E-state index contributed by atoms with van der Waals surface area (Å²) in [6.07, 6.45) is 3.07. The Balaban J connectivity index is 1.98. The first-order valence-electron chi connectivity index (χ1n) is 6.96. The number of rotatable bonds is 1. The molecular weight excluding hydrogens is 317 g/mol. The molecule has 7 heteroatoms. The number of benzene rings is 1. The lowest BCUT2D eigenvalue weighted by atomic mass is 9.98. The summed E-state index contributed by atoms with van der Waals surface area (Å²) in [5.41, 5.74) is 0.562. The molecule has 1 saturated heterocycles. The molecule has 3 heterocycles. The number of amides is 1. The Morgan fingerprint density at radius 1 is 1.26 bits per heavy atom. The molecule has 0 saturated carbocycles. The quantitative estimate of drug-likeness (QED) is 0.817. The molecule has 2 aromatic rings. The van der Waals surface area contributed by atoms with E-state index in [2.05, 4.69) is 5.32 Å². The van der Waals surface area contributed by atoms with Crippen LogP contribution in [0.25, 0.3) is 6.08 Å². The van der Waals surface area contributed by atoms with Gasteiger partial charge >= 0.3 is 6.09 Å². The second-order valence-corrected chi connectivity index (χ2v) is 5.77. The minimum Gasteiger partial charge on any atom is -0.409 e. The average Bonchev–Trinajstić information content (AvgIpc) is 3.07. The predicted molar refractivity (Wildman–Crippen MR) is 85.9 cm³/mol. The van der Waals surface area contributed by atoms with Gasteiger partial charge in [-0.2, -0.15) is 0 Å². The maximum Gasteiger partial charge on any atom is 0.421 e. The largest absolute Gasteiger partial charge is 0.421 e. The second-order valence-electron chi connectivity index (χ2n) is 5.39.